The predicted octanol–water partition coefficient (Wildman–Crippen LogP) is 3.73. The van der Waals surface area contributed by atoms with Gasteiger partial charge in [-0.2, -0.15) is 13.2 Å². The third-order valence-corrected chi connectivity index (χ3v) is 2.73. The highest BCUT2D eigenvalue weighted by Crippen LogP contribution is 2.33. The predicted molar refractivity (Wildman–Crippen MR) is 58.6 cm³/mol. The Balaban J connectivity index is 2.38. The van der Waals surface area contributed by atoms with Crippen LogP contribution in [0.3, 0.4) is 0 Å². The minimum absolute atomic E-state index is 0.544. The van der Waals surface area contributed by atoms with E-state index in [2.05, 4.69) is 9.97 Å². The molecule has 0 amide bonds. The monoisotopic (exact) mass is 236 g/mol. The fourth-order valence-electron chi connectivity index (χ4n) is 1.92. The van der Waals surface area contributed by atoms with E-state index in [1.165, 1.54) is 6.07 Å². The van der Waals surface area contributed by atoms with E-state index >= 15 is 0 Å². The number of hydrogen-bond acceptors (Lipinski definition) is 1. The highest BCUT2D eigenvalue weighted by molar-refractivity contribution is 6.06. The number of pyridine rings is 1. The maximum Gasteiger partial charge on any atom is 0.416 e. The van der Waals surface area contributed by atoms with Crippen molar-refractivity contribution < 1.29 is 13.2 Å². The van der Waals surface area contributed by atoms with Crippen LogP contribution in [0.25, 0.3) is 21.8 Å². The van der Waals surface area contributed by atoms with Gasteiger partial charge in [-0.1, -0.05) is 0 Å². The van der Waals surface area contributed by atoms with Crippen LogP contribution in [0.5, 0.6) is 0 Å². The Hall–Kier alpha value is -2.04. The van der Waals surface area contributed by atoms with E-state index in [9.17, 15) is 13.2 Å². The SMILES string of the molecule is FC(F)(F)c1ccc2[nH]c3ccncc3c2c1. The Labute approximate surface area is 94.1 Å². The van der Waals surface area contributed by atoms with Gasteiger partial charge in [0.25, 0.3) is 0 Å². The average Bonchev–Trinajstić information content (AvgIpc) is 2.65. The standard InChI is InChI=1S/C12H7F3N2/c13-12(14,15)7-1-2-10-8(5-7)9-6-16-4-3-11(9)17-10/h1-6,17H. The molecule has 1 N–H and O–H groups in total. The lowest BCUT2D eigenvalue weighted by Gasteiger charge is -2.05. The van der Waals surface area contributed by atoms with E-state index in [1.54, 1.807) is 18.5 Å². The van der Waals surface area contributed by atoms with Crippen LogP contribution < -0.4 is 0 Å². The summed E-state index contributed by atoms with van der Waals surface area (Å²) in [7, 11) is 0. The van der Waals surface area contributed by atoms with Crippen molar-refractivity contribution in [3.8, 4) is 0 Å². The third kappa shape index (κ3) is 1.54. The Bertz CT molecular complexity index is 698. The van der Waals surface area contributed by atoms with Crippen molar-refractivity contribution in [2.75, 3.05) is 0 Å². The van der Waals surface area contributed by atoms with Gasteiger partial charge in [0, 0.05) is 34.2 Å². The van der Waals surface area contributed by atoms with Crippen molar-refractivity contribution in [2.24, 2.45) is 0 Å². The molecule has 3 rings (SSSR count). The van der Waals surface area contributed by atoms with Gasteiger partial charge >= 0.3 is 6.18 Å². The molecule has 2 aromatic heterocycles. The van der Waals surface area contributed by atoms with E-state index in [4.69, 9.17) is 0 Å². The van der Waals surface area contributed by atoms with Gasteiger partial charge in [0.05, 0.1) is 5.56 Å². The van der Waals surface area contributed by atoms with Gasteiger partial charge in [-0.05, 0) is 24.3 Å². The summed E-state index contributed by atoms with van der Waals surface area (Å²) in [5, 5.41) is 1.25. The molecule has 3 aromatic rings. The Morgan fingerprint density at radius 3 is 2.53 bits per heavy atom. The highest BCUT2D eigenvalue weighted by Gasteiger charge is 2.30. The van der Waals surface area contributed by atoms with E-state index in [0.29, 0.717) is 16.3 Å². The number of hydrogen-bond donors (Lipinski definition) is 1. The van der Waals surface area contributed by atoms with Crippen LogP contribution in [-0.2, 0) is 6.18 Å². The number of alkyl halides is 3. The molecule has 0 unspecified atom stereocenters. The lowest BCUT2D eigenvalue weighted by Crippen LogP contribution is -2.03. The molecule has 0 aliphatic rings. The summed E-state index contributed by atoms with van der Waals surface area (Å²) in [4.78, 5) is 6.98. The molecule has 0 aliphatic carbocycles. The molecule has 0 spiro atoms. The first-order chi connectivity index (χ1) is 8.05. The lowest BCUT2D eigenvalue weighted by atomic mass is 10.1. The average molecular weight is 236 g/mol. The van der Waals surface area contributed by atoms with Gasteiger partial charge in [-0.25, -0.2) is 0 Å². The summed E-state index contributed by atoms with van der Waals surface area (Å²) >= 11 is 0. The topological polar surface area (TPSA) is 28.7 Å². The largest absolute Gasteiger partial charge is 0.416 e. The first-order valence-electron chi connectivity index (χ1n) is 4.98. The van der Waals surface area contributed by atoms with Crippen LogP contribution in [-0.4, -0.2) is 9.97 Å². The summed E-state index contributed by atoms with van der Waals surface area (Å²) in [6, 6.07) is 5.40. The number of aromatic nitrogens is 2. The van der Waals surface area contributed by atoms with E-state index < -0.39 is 11.7 Å². The molecule has 0 saturated carbocycles. The maximum absolute atomic E-state index is 12.6. The third-order valence-electron chi connectivity index (χ3n) is 2.73. The Kier molecular flexibility index (Phi) is 1.92. The van der Waals surface area contributed by atoms with Crippen LogP contribution >= 0.6 is 0 Å². The lowest BCUT2D eigenvalue weighted by molar-refractivity contribution is -0.137. The fraction of sp³-hybridized carbons (Fsp3) is 0.0833. The molecule has 2 heterocycles. The molecule has 0 radical (unpaired) electrons. The van der Waals surface area contributed by atoms with Gasteiger partial charge in [0.1, 0.15) is 0 Å². The molecule has 17 heavy (non-hydrogen) atoms. The molecule has 1 aromatic carbocycles. The van der Waals surface area contributed by atoms with E-state index in [1.807, 2.05) is 0 Å². The zero-order chi connectivity index (χ0) is 12.0. The Morgan fingerprint density at radius 1 is 1.00 bits per heavy atom. The second-order valence-electron chi connectivity index (χ2n) is 3.80. The molecular weight excluding hydrogens is 229 g/mol. The van der Waals surface area contributed by atoms with Gasteiger partial charge in [-0.3, -0.25) is 4.98 Å². The molecule has 5 heteroatoms. The zero-order valence-corrected chi connectivity index (χ0v) is 8.55. The molecule has 0 aliphatic heterocycles. The molecule has 0 fully saturated rings. The minimum Gasteiger partial charge on any atom is -0.354 e. The highest BCUT2D eigenvalue weighted by atomic mass is 19.4. The second-order valence-corrected chi connectivity index (χ2v) is 3.80. The number of fused-ring (bicyclic) bond motifs is 3. The number of rotatable bonds is 0. The summed E-state index contributed by atoms with van der Waals surface area (Å²) in [6.07, 6.45) is -1.16. The summed E-state index contributed by atoms with van der Waals surface area (Å²) in [5.74, 6) is 0. The zero-order valence-electron chi connectivity index (χ0n) is 8.55. The summed E-state index contributed by atoms with van der Waals surface area (Å²) < 4.78 is 37.8. The van der Waals surface area contributed by atoms with Gasteiger partial charge in [0.15, 0.2) is 0 Å². The quantitative estimate of drug-likeness (QED) is 0.632. The number of halogens is 3. The van der Waals surface area contributed by atoms with Crippen LogP contribution in [0.4, 0.5) is 13.2 Å². The molecular formula is C12H7F3N2. The molecule has 0 bridgehead atoms. The summed E-state index contributed by atoms with van der Waals surface area (Å²) in [6.45, 7) is 0. The number of nitrogens with zero attached hydrogens (tertiary/aromatic N) is 1. The van der Waals surface area contributed by atoms with Crippen LogP contribution in [0.1, 0.15) is 5.56 Å². The van der Waals surface area contributed by atoms with Crippen molar-refractivity contribution in [1.29, 1.82) is 0 Å². The van der Waals surface area contributed by atoms with Crippen molar-refractivity contribution in [3.05, 3.63) is 42.2 Å². The van der Waals surface area contributed by atoms with Gasteiger partial charge in [0.2, 0.25) is 0 Å². The van der Waals surface area contributed by atoms with Gasteiger partial charge in [-0.15, -0.1) is 0 Å². The smallest absolute Gasteiger partial charge is 0.354 e. The summed E-state index contributed by atoms with van der Waals surface area (Å²) in [5.41, 5.74) is 0.824. The Morgan fingerprint density at radius 2 is 1.76 bits per heavy atom. The normalized spacial score (nSPS) is 12.4. The van der Waals surface area contributed by atoms with Crippen LogP contribution in [0, 0.1) is 0 Å². The number of benzene rings is 1. The van der Waals surface area contributed by atoms with Crippen LogP contribution in [0.2, 0.25) is 0 Å². The number of nitrogens with one attached hydrogen (secondary N) is 1. The van der Waals surface area contributed by atoms with Crippen molar-refractivity contribution in [2.45, 2.75) is 6.18 Å². The molecule has 0 saturated heterocycles. The van der Waals surface area contributed by atoms with E-state index in [-0.39, 0.29) is 0 Å². The van der Waals surface area contributed by atoms with Crippen LogP contribution in [0.15, 0.2) is 36.7 Å². The number of H-pyrrole nitrogens is 1. The molecule has 86 valence electrons. The maximum atomic E-state index is 12.6. The van der Waals surface area contributed by atoms with Crippen molar-refractivity contribution in [1.82, 2.24) is 9.97 Å². The van der Waals surface area contributed by atoms with Gasteiger partial charge < -0.3 is 4.98 Å². The fourth-order valence-corrected chi connectivity index (χ4v) is 1.92. The first kappa shape index (κ1) is 10.1. The van der Waals surface area contributed by atoms with Crippen molar-refractivity contribution in [3.63, 3.8) is 0 Å². The molecule has 2 nitrogen and oxygen atoms in total. The number of aromatic amines is 1. The minimum atomic E-state index is -4.32. The van der Waals surface area contributed by atoms with E-state index in [0.717, 1.165) is 17.6 Å². The molecule has 0 atom stereocenters. The second kappa shape index (κ2) is 3.23. The first-order valence-corrected chi connectivity index (χ1v) is 4.98. The van der Waals surface area contributed by atoms with Crippen molar-refractivity contribution >= 4 is 21.8 Å².